The van der Waals surface area contributed by atoms with E-state index in [-0.39, 0.29) is 5.41 Å². The molecule has 120 valence electrons. The highest BCUT2D eigenvalue weighted by molar-refractivity contribution is 5.96. The average Bonchev–Trinajstić information content (AvgIpc) is 2.61. The SMILES string of the molecule is CC(C)(C)c1ccc(-c2cccc(-c3ccccc3)c2C=O)cc1. The largest absolute Gasteiger partial charge is 0.298 e. The molecular formula is C23H22O. The number of aldehydes is 1. The summed E-state index contributed by atoms with van der Waals surface area (Å²) < 4.78 is 0. The van der Waals surface area contributed by atoms with Gasteiger partial charge < -0.3 is 0 Å². The summed E-state index contributed by atoms with van der Waals surface area (Å²) in [7, 11) is 0. The Morgan fingerprint density at radius 2 is 1.21 bits per heavy atom. The molecular weight excluding hydrogens is 292 g/mol. The first-order chi connectivity index (χ1) is 11.5. The number of benzene rings is 3. The minimum Gasteiger partial charge on any atom is -0.298 e. The molecule has 0 amide bonds. The fourth-order valence-corrected chi connectivity index (χ4v) is 2.96. The number of hydrogen-bond acceptors (Lipinski definition) is 1. The topological polar surface area (TPSA) is 17.1 Å². The van der Waals surface area contributed by atoms with Crippen LogP contribution in [0.1, 0.15) is 36.7 Å². The molecule has 0 saturated heterocycles. The van der Waals surface area contributed by atoms with Crippen molar-refractivity contribution in [1.82, 2.24) is 0 Å². The molecule has 0 aliphatic carbocycles. The van der Waals surface area contributed by atoms with Gasteiger partial charge in [0.1, 0.15) is 0 Å². The third-order valence-corrected chi connectivity index (χ3v) is 4.37. The molecule has 0 bridgehead atoms. The molecule has 3 aromatic rings. The molecule has 0 heterocycles. The minimum absolute atomic E-state index is 0.123. The highest BCUT2D eigenvalue weighted by atomic mass is 16.1. The van der Waals surface area contributed by atoms with Gasteiger partial charge in [0.2, 0.25) is 0 Å². The molecule has 1 heteroatoms. The molecule has 3 aromatic carbocycles. The fraction of sp³-hybridized carbons (Fsp3) is 0.174. The Bertz CT molecular complexity index is 837. The average molecular weight is 314 g/mol. The number of carbonyl (C=O) groups is 1. The van der Waals surface area contributed by atoms with Crippen LogP contribution in [0.2, 0.25) is 0 Å². The van der Waals surface area contributed by atoms with Crippen molar-refractivity contribution in [3.05, 3.63) is 83.9 Å². The first kappa shape index (κ1) is 16.2. The third kappa shape index (κ3) is 3.16. The molecule has 24 heavy (non-hydrogen) atoms. The highest BCUT2D eigenvalue weighted by Gasteiger charge is 2.15. The van der Waals surface area contributed by atoms with Crippen LogP contribution in [0.4, 0.5) is 0 Å². The maximum atomic E-state index is 11.8. The van der Waals surface area contributed by atoms with Crippen LogP contribution in [0.3, 0.4) is 0 Å². The van der Waals surface area contributed by atoms with Crippen molar-refractivity contribution >= 4 is 6.29 Å². The van der Waals surface area contributed by atoms with E-state index in [0.717, 1.165) is 34.1 Å². The molecule has 0 aliphatic rings. The van der Waals surface area contributed by atoms with Crippen LogP contribution in [0.5, 0.6) is 0 Å². The van der Waals surface area contributed by atoms with Crippen molar-refractivity contribution in [2.45, 2.75) is 26.2 Å². The lowest BCUT2D eigenvalue weighted by molar-refractivity contribution is 0.112. The van der Waals surface area contributed by atoms with E-state index in [1.807, 2.05) is 48.5 Å². The van der Waals surface area contributed by atoms with Crippen molar-refractivity contribution in [2.75, 3.05) is 0 Å². The summed E-state index contributed by atoms with van der Waals surface area (Å²) in [4.78, 5) is 11.8. The first-order valence-electron chi connectivity index (χ1n) is 8.25. The maximum absolute atomic E-state index is 11.8. The summed E-state index contributed by atoms with van der Waals surface area (Å²) in [6, 6.07) is 24.6. The van der Waals surface area contributed by atoms with E-state index in [9.17, 15) is 4.79 Å². The van der Waals surface area contributed by atoms with Crippen molar-refractivity contribution < 1.29 is 4.79 Å². The second-order valence-electron chi connectivity index (χ2n) is 7.08. The third-order valence-electron chi connectivity index (χ3n) is 4.37. The smallest absolute Gasteiger partial charge is 0.151 e. The molecule has 0 aliphatic heterocycles. The molecule has 0 N–H and O–H groups in total. The normalized spacial score (nSPS) is 11.3. The summed E-state index contributed by atoms with van der Waals surface area (Å²) >= 11 is 0. The minimum atomic E-state index is 0.123. The Kier molecular flexibility index (Phi) is 4.35. The van der Waals surface area contributed by atoms with E-state index >= 15 is 0 Å². The summed E-state index contributed by atoms with van der Waals surface area (Å²) in [6.07, 6.45) is 0.968. The predicted molar refractivity (Wildman–Crippen MR) is 101 cm³/mol. The van der Waals surface area contributed by atoms with Crippen LogP contribution in [0.25, 0.3) is 22.3 Å². The van der Waals surface area contributed by atoms with E-state index < -0.39 is 0 Å². The van der Waals surface area contributed by atoms with Crippen LogP contribution in [-0.4, -0.2) is 6.29 Å². The van der Waals surface area contributed by atoms with E-state index in [4.69, 9.17) is 0 Å². The zero-order chi connectivity index (χ0) is 17.2. The number of carbonyl (C=O) groups excluding carboxylic acids is 1. The number of rotatable bonds is 3. The van der Waals surface area contributed by atoms with Crippen molar-refractivity contribution in [2.24, 2.45) is 0 Å². The Labute approximate surface area is 144 Å². The Morgan fingerprint density at radius 3 is 1.71 bits per heavy atom. The molecule has 0 saturated carbocycles. The van der Waals surface area contributed by atoms with Crippen LogP contribution in [0, 0.1) is 0 Å². The number of hydrogen-bond donors (Lipinski definition) is 0. The van der Waals surface area contributed by atoms with Crippen LogP contribution >= 0.6 is 0 Å². The summed E-state index contributed by atoms with van der Waals surface area (Å²) in [5.74, 6) is 0. The molecule has 0 fully saturated rings. The Balaban J connectivity index is 2.11. The zero-order valence-corrected chi connectivity index (χ0v) is 14.4. The van der Waals surface area contributed by atoms with E-state index in [1.54, 1.807) is 0 Å². The van der Waals surface area contributed by atoms with Gasteiger partial charge in [0, 0.05) is 5.56 Å². The molecule has 1 nitrogen and oxygen atoms in total. The fourth-order valence-electron chi connectivity index (χ4n) is 2.96. The highest BCUT2D eigenvalue weighted by Crippen LogP contribution is 2.32. The van der Waals surface area contributed by atoms with Gasteiger partial charge >= 0.3 is 0 Å². The molecule has 0 atom stereocenters. The van der Waals surface area contributed by atoms with E-state index in [1.165, 1.54) is 5.56 Å². The first-order valence-corrected chi connectivity index (χ1v) is 8.25. The van der Waals surface area contributed by atoms with Crippen molar-refractivity contribution in [3.8, 4) is 22.3 Å². The van der Waals surface area contributed by atoms with Gasteiger partial charge in [-0.15, -0.1) is 0 Å². The van der Waals surface area contributed by atoms with E-state index in [2.05, 4.69) is 45.0 Å². The molecule has 0 spiro atoms. The monoisotopic (exact) mass is 314 g/mol. The maximum Gasteiger partial charge on any atom is 0.151 e. The lowest BCUT2D eigenvalue weighted by Crippen LogP contribution is -2.10. The lowest BCUT2D eigenvalue weighted by atomic mass is 9.85. The summed E-state index contributed by atoms with van der Waals surface area (Å²) in [5, 5.41) is 0. The lowest BCUT2D eigenvalue weighted by Gasteiger charge is -2.19. The summed E-state index contributed by atoms with van der Waals surface area (Å²) in [5.41, 5.74) is 6.24. The Hall–Kier alpha value is -2.67. The molecule has 0 radical (unpaired) electrons. The van der Waals surface area contributed by atoms with Gasteiger partial charge in [0.05, 0.1) is 0 Å². The van der Waals surface area contributed by atoms with Crippen LogP contribution in [0.15, 0.2) is 72.8 Å². The zero-order valence-electron chi connectivity index (χ0n) is 14.4. The second-order valence-corrected chi connectivity index (χ2v) is 7.08. The van der Waals surface area contributed by atoms with Crippen LogP contribution < -0.4 is 0 Å². The van der Waals surface area contributed by atoms with E-state index in [0.29, 0.717) is 0 Å². The predicted octanol–water partition coefficient (Wildman–Crippen LogP) is 6.13. The van der Waals surface area contributed by atoms with Crippen molar-refractivity contribution in [1.29, 1.82) is 0 Å². The van der Waals surface area contributed by atoms with Crippen LogP contribution in [-0.2, 0) is 5.41 Å². The van der Waals surface area contributed by atoms with Gasteiger partial charge in [-0.3, -0.25) is 4.79 Å². The standard InChI is InChI=1S/C23H22O/c1-23(2,3)19-14-12-18(13-15-19)21-11-7-10-20(22(21)16-24)17-8-5-4-6-9-17/h4-16H,1-3H3. The van der Waals surface area contributed by atoms with Gasteiger partial charge in [-0.2, -0.15) is 0 Å². The molecule has 0 unspecified atom stereocenters. The second kappa shape index (κ2) is 6.45. The summed E-state index contributed by atoms with van der Waals surface area (Å²) in [6.45, 7) is 6.61. The Morgan fingerprint density at radius 1 is 0.667 bits per heavy atom. The van der Waals surface area contributed by atoms with Gasteiger partial charge in [0.25, 0.3) is 0 Å². The van der Waals surface area contributed by atoms with Gasteiger partial charge in [-0.25, -0.2) is 0 Å². The van der Waals surface area contributed by atoms with Gasteiger partial charge in [-0.05, 0) is 33.2 Å². The molecule has 0 aromatic heterocycles. The van der Waals surface area contributed by atoms with Gasteiger partial charge in [0.15, 0.2) is 6.29 Å². The van der Waals surface area contributed by atoms with Crippen molar-refractivity contribution in [3.63, 3.8) is 0 Å². The van der Waals surface area contributed by atoms with Gasteiger partial charge in [-0.1, -0.05) is 93.6 Å². The quantitative estimate of drug-likeness (QED) is 0.531. The molecule has 3 rings (SSSR count).